The third-order valence-corrected chi connectivity index (χ3v) is 2.88. The third kappa shape index (κ3) is 1.79. The van der Waals surface area contributed by atoms with Crippen molar-refractivity contribution in [1.82, 2.24) is 5.32 Å². The first-order chi connectivity index (χ1) is 6.79. The Morgan fingerprint density at radius 2 is 2.07 bits per heavy atom. The van der Waals surface area contributed by atoms with Gasteiger partial charge in [-0.3, -0.25) is 0 Å². The molecule has 1 nitrogen and oxygen atoms in total. The second-order valence-electron chi connectivity index (χ2n) is 3.00. The van der Waals surface area contributed by atoms with Crippen LogP contribution in [0.5, 0.6) is 0 Å². The van der Waals surface area contributed by atoms with E-state index < -0.39 is 0 Å². The predicted molar refractivity (Wildman–Crippen MR) is 61.3 cm³/mol. The van der Waals surface area contributed by atoms with Gasteiger partial charge in [0.2, 0.25) is 0 Å². The highest BCUT2D eigenvalue weighted by Crippen LogP contribution is 2.30. The van der Waals surface area contributed by atoms with Crippen molar-refractivity contribution in [2.75, 3.05) is 0 Å². The Balaban J connectivity index is 2.41. The SMILES string of the molecule is Clc1cccc(C2=CCC=CN2)c1Cl. The van der Waals surface area contributed by atoms with E-state index in [1.54, 1.807) is 6.07 Å². The molecular weight excluding hydrogens is 217 g/mol. The Morgan fingerprint density at radius 1 is 1.21 bits per heavy atom. The molecule has 1 aliphatic rings. The van der Waals surface area contributed by atoms with Crippen LogP contribution in [0.3, 0.4) is 0 Å². The van der Waals surface area contributed by atoms with Gasteiger partial charge in [-0.1, -0.05) is 47.5 Å². The Kier molecular flexibility index (Phi) is 2.80. The fourth-order valence-electron chi connectivity index (χ4n) is 1.36. The molecule has 0 spiro atoms. The molecule has 0 radical (unpaired) electrons. The average Bonchev–Trinajstić information content (AvgIpc) is 2.23. The first kappa shape index (κ1) is 9.63. The van der Waals surface area contributed by atoms with E-state index in [-0.39, 0.29) is 0 Å². The summed E-state index contributed by atoms with van der Waals surface area (Å²) < 4.78 is 0. The van der Waals surface area contributed by atoms with Crippen molar-refractivity contribution >= 4 is 28.9 Å². The van der Waals surface area contributed by atoms with E-state index in [9.17, 15) is 0 Å². The van der Waals surface area contributed by atoms with Crippen LogP contribution in [-0.4, -0.2) is 0 Å². The number of allylic oxidation sites excluding steroid dienone is 2. The van der Waals surface area contributed by atoms with Gasteiger partial charge in [0.05, 0.1) is 10.0 Å². The molecule has 1 aromatic rings. The molecule has 14 heavy (non-hydrogen) atoms. The number of hydrogen-bond donors (Lipinski definition) is 1. The van der Waals surface area contributed by atoms with Gasteiger partial charge in [-0.15, -0.1) is 0 Å². The monoisotopic (exact) mass is 225 g/mol. The molecule has 0 atom stereocenters. The molecule has 1 aromatic carbocycles. The predicted octanol–water partition coefficient (Wildman–Crippen LogP) is 3.84. The average molecular weight is 226 g/mol. The van der Waals surface area contributed by atoms with Gasteiger partial charge in [0.15, 0.2) is 0 Å². The van der Waals surface area contributed by atoms with E-state index in [1.807, 2.05) is 24.4 Å². The van der Waals surface area contributed by atoms with Crippen LogP contribution in [0.25, 0.3) is 5.70 Å². The maximum absolute atomic E-state index is 6.09. The van der Waals surface area contributed by atoms with E-state index in [0.29, 0.717) is 10.0 Å². The Hall–Kier alpha value is -0.920. The number of halogens is 2. The van der Waals surface area contributed by atoms with Gasteiger partial charge in [-0.2, -0.15) is 0 Å². The lowest BCUT2D eigenvalue weighted by Crippen LogP contribution is -2.06. The Morgan fingerprint density at radius 3 is 2.79 bits per heavy atom. The lowest BCUT2D eigenvalue weighted by atomic mass is 10.1. The number of rotatable bonds is 1. The van der Waals surface area contributed by atoms with Crippen LogP contribution in [0.4, 0.5) is 0 Å². The minimum Gasteiger partial charge on any atom is -0.362 e. The van der Waals surface area contributed by atoms with E-state index in [4.69, 9.17) is 23.2 Å². The van der Waals surface area contributed by atoms with Crippen molar-refractivity contribution < 1.29 is 0 Å². The van der Waals surface area contributed by atoms with Crippen LogP contribution in [-0.2, 0) is 0 Å². The molecule has 1 N–H and O–H groups in total. The zero-order chi connectivity index (χ0) is 9.97. The van der Waals surface area contributed by atoms with E-state index in [1.165, 1.54) is 0 Å². The molecule has 0 aromatic heterocycles. The summed E-state index contributed by atoms with van der Waals surface area (Å²) in [6.07, 6.45) is 6.96. The zero-order valence-corrected chi connectivity index (χ0v) is 8.94. The summed E-state index contributed by atoms with van der Waals surface area (Å²) in [6, 6.07) is 5.63. The highest BCUT2D eigenvalue weighted by molar-refractivity contribution is 6.43. The highest BCUT2D eigenvalue weighted by atomic mass is 35.5. The molecule has 1 heterocycles. The van der Waals surface area contributed by atoms with E-state index in [0.717, 1.165) is 17.7 Å². The van der Waals surface area contributed by atoms with Crippen molar-refractivity contribution in [2.45, 2.75) is 6.42 Å². The first-order valence-corrected chi connectivity index (χ1v) is 5.11. The largest absolute Gasteiger partial charge is 0.362 e. The summed E-state index contributed by atoms with van der Waals surface area (Å²) in [5.74, 6) is 0. The van der Waals surface area contributed by atoms with Gasteiger partial charge in [0.25, 0.3) is 0 Å². The maximum Gasteiger partial charge on any atom is 0.0685 e. The fourth-order valence-corrected chi connectivity index (χ4v) is 1.76. The van der Waals surface area contributed by atoms with E-state index in [2.05, 4.69) is 11.4 Å². The van der Waals surface area contributed by atoms with Crippen molar-refractivity contribution in [1.29, 1.82) is 0 Å². The number of dihydropyridines is 1. The normalized spacial score (nSPS) is 14.9. The van der Waals surface area contributed by atoms with Crippen LogP contribution in [0, 0.1) is 0 Å². The molecule has 0 saturated carbocycles. The zero-order valence-electron chi connectivity index (χ0n) is 7.43. The van der Waals surface area contributed by atoms with Gasteiger partial charge in [0, 0.05) is 11.3 Å². The standard InChI is InChI=1S/C11H9Cl2N/c12-9-5-3-4-8(11(9)13)10-6-1-2-7-14-10/h2-7,14H,1H2. The molecule has 0 amide bonds. The minimum absolute atomic E-state index is 0.585. The number of nitrogens with one attached hydrogen (secondary N) is 1. The molecule has 0 saturated heterocycles. The van der Waals surface area contributed by atoms with E-state index >= 15 is 0 Å². The van der Waals surface area contributed by atoms with Crippen LogP contribution in [0.2, 0.25) is 10.0 Å². The van der Waals surface area contributed by atoms with Crippen molar-refractivity contribution in [3.63, 3.8) is 0 Å². The van der Waals surface area contributed by atoms with Crippen LogP contribution in [0.15, 0.2) is 36.6 Å². The molecule has 3 heteroatoms. The van der Waals surface area contributed by atoms with Crippen LogP contribution < -0.4 is 5.32 Å². The second-order valence-corrected chi connectivity index (χ2v) is 3.79. The smallest absolute Gasteiger partial charge is 0.0685 e. The summed E-state index contributed by atoms with van der Waals surface area (Å²) in [6.45, 7) is 0. The Labute approximate surface area is 93.0 Å². The minimum atomic E-state index is 0.585. The lowest BCUT2D eigenvalue weighted by molar-refractivity contribution is 1.13. The summed E-state index contributed by atoms with van der Waals surface area (Å²) in [5, 5.41) is 4.33. The topological polar surface area (TPSA) is 12.0 Å². The summed E-state index contributed by atoms with van der Waals surface area (Å²) in [4.78, 5) is 0. The van der Waals surface area contributed by atoms with Crippen molar-refractivity contribution in [3.05, 3.63) is 52.2 Å². The maximum atomic E-state index is 6.09. The number of hydrogen-bond acceptors (Lipinski definition) is 1. The summed E-state index contributed by atoms with van der Waals surface area (Å²) in [7, 11) is 0. The fraction of sp³-hybridized carbons (Fsp3) is 0.0909. The van der Waals surface area contributed by atoms with Crippen LogP contribution >= 0.6 is 23.2 Å². The molecule has 0 unspecified atom stereocenters. The third-order valence-electron chi connectivity index (χ3n) is 2.06. The molecule has 0 bridgehead atoms. The van der Waals surface area contributed by atoms with Gasteiger partial charge in [-0.25, -0.2) is 0 Å². The summed E-state index contributed by atoms with van der Waals surface area (Å²) >= 11 is 12.0. The van der Waals surface area contributed by atoms with Gasteiger partial charge < -0.3 is 5.32 Å². The highest BCUT2D eigenvalue weighted by Gasteiger charge is 2.08. The number of benzene rings is 1. The van der Waals surface area contributed by atoms with Gasteiger partial charge in [0.1, 0.15) is 0 Å². The molecule has 1 aliphatic heterocycles. The lowest BCUT2D eigenvalue weighted by Gasteiger charge is -2.12. The molecular formula is C11H9Cl2N. The van der Waals surface area contributed by atoms with Gasteiger partial charge >= 0.3 is 0 Å². The van der Waals surface area contributed by atoms with Crippen molar-refractivity contribution in [3.8, 4) is 0 Å². The molecule has 72 valence electrons. The second kappa shape index (κ2) is 4.07. The molecule has 0 fully saturated rings. The van der Waals surface area contributed by atoms with Crippen molar-refractivity contribution in [2.24, 2.45) is 0 Å². The Bertz CT molecular complexity index is 408. The van der Waals surface area contributed by atoms with Gasteiger partial charge in [-0.05, 0) is 18.7 Å². The molecule has 2 rings (SSSR count). The first-order valence-electron chi connectivity index (χ1n) is 4.35. The van der Waals surface area contributed by atoms with Crippen LogP contribution in [0.1, 0.15) is 12.0 Å². The molecule has 0 aliphatic carbocycles. The quantitative estimate of drug-likeness (QED) is 0.766. The summed E-state index contributed by atoms with van der Waals surface area (Å²) in [5.41, 5.74) is 1.96.